The fourth-order valence-corrected chi connectivity index (χ4v) is 1.75. The molecule has 0 atom stereocenters. The summed E-state index contributed by atoms with van der Waals surface area (Å²) in [5, 5.41) is 17.4. The van der Waals surface area contributed by atoms with Crippen molar-refractivity contribution in [2.24, 2.45) is 5.92 Å². The van der Waals surface area contributed by atoms with E-state index in [0.717, 1.165) is 5.56 Å². The van der Waals surface area contributed by atoms with Crippen LogP contribution in [0.1, 0.15) is 5.56 Å². The zero-order chi connectivity index (χ0) is 14.2. The van der Waals surface area contributed by atoms with Gasteiger partial charge in [0, 0.05) is 0 Å². The minimum Gasteiger partial charge on any atom is -0.463 e. The molecule has 0 bridgehead atoms. The largest absolute Gasteiger partial charge is 0.463 e. The first-order valence-electron chi connectivity index (χ1n) is 6.25. The van der Waals surface area contributed by atoms with Crippen molar-refractivity contribution in [3.05, 3.63) is 47.4 Å². The Morgan fingerprint density at radius 3 is 2.40 bits per heavy atom. The van der Waals surface area contributed by atoms with E-state index in [2.05, 4.69) is 0 Å². The van der Waals surface area contributed by atoms with Crippen LogP contribution in [-0.4, -0.2) is 19.8 Å². The molecule has 2 rings (SSSR count). The Labute approximate surface area is 117 Å². The highest BCUT2D eigenvalue weighted by atomic mass is 16.7. The van der Waals surface area contributed by atoms with Gasteiger partial charge in [-0.25, -0.2) is 0 Å². The Morgan fingerprint density at radius 2 is 1.80 bits per heavy atom. The molecule has 0 radical (unpaired) electrons. The van der Waals surface area contributed by atoms with E-state index in [4.69, 9.17) is 24.7 Å². The quantitative estimate of drug-likeness (QED) is 0.783. The van der Waals surface area contributed by atoms with Gasteiger partial charge in [-0.1, -0.05) is 30.3 Å². The predicted molar refractivity (Wildman–Crippen MR) is 69.7 cm³/mol. The van der Waals surface area contributed by atoms with E-state index in [1.165, 1.54) is 0 Å². The summed E-state index contributed by atoms with van der Waals surface area (Å²) in [4.78, 5) is 0. The highest BCUT2D eigenvalue weighted by molar-refractivity contribution is 5.36. The number of benzene rings is 1. The lowest BCUT2D eigenvalue weighted by molar-refractivity contribution is -0.0762. The van der Waals surface area contributed by atoms with Gasteiger partial charge < -0.3 is 14.2 Å². The fraction of sp³-hybridized carbons (Fsp3) is 0.333. The Bertz CT molecular complexity index is 529. The lowest BCUT2D eigenvalue weighted by atomic mass is 10.2. The summed E-state index contributed by atoms with van der Waals surface area (Å²) in [6, 6.07) is 13.4. The van der Waals surface area contributed by atoms with E-state index >= 15 is 0 Å². The van der Waals surface area contributed by atoms with Crippen LogP contribution >= 0.6 is 0 Å². The van der Waals surface area contributed by atoms with Crippen LogP contribution in [0.3, 0.4) is 0 Å². The second-order valence-electron chi connectivity index (χ2n) is 4.37. The van der Waals surface area contributed by atoms with Crippen molar-refractivity contribution < 1.29 is 14.2 Å². The first-order chi connectivity index (χ1) is 9.83. The van der Waals surface area contributed by atoms with E-state index in [9.17, 15) is 0 Å². The third-order valence-electron chi connectivity index (χ3n) is 2.79. The van der Waals surface area contributed by atoms with Crippen LogP contribution in [0.2, 0.25) is 0 Å². The van der Waals surface area contributed by atoms with Gasteiger partial charge in [0.2, 0.25) is 5.57 Å². The topological polar surface area (TPSA) is 75.3 Å². The predicted octanol–water partition coefficient (Wildman–Crippen LogP) is 2.12. The Hall–Kier alpha value is -2.50. The standard InChI is InChI=1S/C15H14N2O3/c16-6-14(7-17)15-19-10-13(11-20-15)9-18-8-12-4-2-1-3-5-12/h1-5,13H,8-11H2. The molecule has 0 saturated carbocycles. The maximum atomic E-state index is 8.70. The average molecular weight is 270 g/mol. The van der Waals surface area contributed by atoms with Gasteiger partial charge in [0.05, 0.1) is 32.3 Å². The van der Waals surface area contributed by atoms with Gasteiger partial charge in [-0.2, -0.15) is 10.5 Å². The molecular weight excluding hydrogens is 256 g/mol. The highest BCUT2D eigenvalue weighted by Gasteiger charge is 2.22. The van der Waals surface area contributed by atoms with Gasteiger partial charge in [0.25, 0.3) is 0 Å². The van der Waals surface area contributed by atoms with Crippen molar-refractivity contribution in [1.29, 1.82) is 10.5 Å². The molecule has 0 unspecified atom stereocenters. The lowest BCUT2D eigenvalue weighted by Gasteiger charge is -2.25. The summed E-state index contributed by atoms with van der Waals surface area (Å²) < 4.78 is 16.1. The Morgan fingerprint density at radius 1 is 1.15 bits per heavy atom. The molecule has 102 valence electrons. The highest BCUT2D eigenvalue weighted by Crippen LogP contribution is 2.17. The zero-order valence-electron chi connectivity index (χ0n) is 10.9. The number of ether oxygens (including phenoxy) is 3. The molecule has 1 aliphatic heterocycles. The van der Waals surface area contributed by atoms with E-state index < -0.39 is 0 Å². The van der Waals surface area contributed by atoms with Crippen LogP contribution in [0, 0.1) is 28.6 Å². The van der Waals surface area contributed by atoms with Crippen LogP contribution in [0.15, 0.2) is 41.9 Å². The van der Waals surface area contributed by atoms with Crippen LogP contribution in [0.5, 0.6) is 0 Å². The van der Waals surface area contributed by atoms with Gasteiger partial charge in [-0.05, 0) is 5.56 Å². The normalized spacial score (nSPS) is 17.3. The first kappa shape index (κ1) is 13.9. The van der Waals surface area contributed by atoms with Crippen LogP contribution < -0.4 is 0 Å². The van der Waals surface area contributed by atoms with Gasteiger partial charge >= 0.3 is 5.95 Å². The van der Waals surface area contributed by atoms with Crippen molar-refractivity contribution in [2.75, 3.05) is 19.8 Å². The van der Waals surface area contributed by atoms with Crippen LogP contribution in [0.25, 0.3) is 0 Å². The van der Waals surface area contributed by atoms with Crippen molar-refractivity contribution >= 4 is 0 Å². The summed E-state index contributed by atoms with van der Waals surface area (Å²) in [7, 11) is 0. The van der Waals surface area contributed by atoms with E-state index in [1.807, 2.05) is 30.3 Å². The minimum atomic E-state index is -0.131. The molecule has 1 heterocycles. The van der Waals surface area contributed by atoms with E-state index in [-0.39, 0.29) is 17.4 Å². The second kappa shape index (κ2) is 7.18. The number of rotatable bonds is 4. The van der Waals surface area contributed by atoms with Crippen molar-refractivity contribution in [3.63, 3.8) is 0 Å². The monoisotopic (exact) mass is 270 g/mol. The van der Waals surface area contributed by atoms with Crippen LogP contribution in [0.4, 0.5) is 0 Å². The molecule has 0 N–H and O–H groups in total. The molecule has 1 saturated heterocycles. The Balaban J connectivity index is 1.74. The van der Waals surface area contributed by atoms with Crippen molar-refractivity contribution in [2.45, 2.75) is 6.61 Å². The smallest absolute Gasteiger partial charge is 0.309 e. The van der Waals surface area contributed by atoms with Gasteiger partial charge in [-0.15, -0.1) is 0 Å². The maximum absolute atomic E-state index is 8.70. The van der Waals surface area contributed by atoms with E-state index in [1.54, 1.807) is 12.1 Å². The molecule has 0 amide bonds. The second-order valence-corrected chi connectivity index (χ2v) is 4.37. The molecule has 0 spiro atoms. The minimum absolute atomic E-state index is 0.0225. The number of hydrogen-bond acceptors (Lipinski definition) is 5. The average Bonchev–Trinajstić information content (AvgIpc) is 2.51. The SMILES string of the molecule is N#CC(C#N)=C1OCC(COCc2ccccc2)CO1. The Kier molecular flexibility index (Phi) is 5.00. The summed E-state index contributed by atoms with van der Waals surface area (Å²) in [5.41, 5.74) is 0.982. The molecule has 1 aliphatic rings. The third kappa shape index (κ3) is 3.74. The summed E-state index contributed by atoms with van der Waals surface area (Å²) >= 11 is 0. The molecule has 1 aromatic rings. The summed E-state index contributed by atoms with van der Waals surface area (Å²) in [5.74, 6) is 0.121. The van der Waals surface area contributed by atoms with Gasteiger partial charge in [0.15, 0.2) is 0 Å². The van der Waals surface area contributed by atoms with E-state index in [0.29, 0.717) is 26.4 Å². The molecule has 1 fully saturated rings. The molecular formula is C15H14N2O3. The number of nitrogens with zero attached hydrogens (tertiary/aromatic N) is 2. The molecule has 20 heavy (non-hydrogen) atoms. The van der Waals surface area contributed by atoms with Crippen molar-refractivity contribution in [1.82, 2.24) is 0 Å². The summed E-state index contributed by atoms with van der Waals surface area (Å²) in [6.45, 7) is 1.83. The maximum Gasteiger partial charge on any atom is 0.309 e. The molecule has 1 aromatic carbocycles. The summed E-state index contributed by atoms with van der Waals surface area (Å²) in [6.07, 6.45) is 0. The molecule has 5 nitrogen and oxygen atoms in total. The number of nitriles is 2. The lowest BCUT2D eigenvalue weighted by Crippen LogP contribution is -2.27. The third-order valence-corrected chi connectivity index (χ3v) is 2.79. The number of allylic oxidation sites excluding steroid dienone is 1. The molecule has 0 aromatic heterocycles. The van der Waals surface area contributed by atoms with Crippen molar-refractivity contribution in [3.8, 4) is 12.1 Å². The fourth-order valence-electron chi connectivity index (χ4n) is 1.75. The van der Waals surface area contributed by atoms with Gasteiger partial charge in [0.1, 0.15) is 12.1 Å². The zero-order valence-corrected chi connectivity index (χ0v) is 10.9. The van der Waals surface area contributed by atoms with Gasteiger partial charge in [-0.3, -0.25) is 0 Å². The number of hydrogen-bond donors (Lipinski definition) is 0. The molecule has 0 aliphatic carbocycles. The van der Waals surface area contributed by atoms with Crippen LogP contribution in [-0.2, 0) is 20.8 Å². The first-order valence-corrected chi connectivity index (χ1v) is 6.25. The molecule has 5 heteroatoms.